The second-order valence-electron chi connectivity index (χ2n) is 7.94. The number of carbonyl (C=O) groups excluding carboxylic acids is 1. The summed E-state index contributed by atoms with van der Waals surface area (Å²) >= 11 is 9.20. The van der Waals surface area contributed by atoms with Crippen LogP contribution >= 0.6 is 28.1 Å². The molecule has 0 radical (unpaired) electrons. The molecular weight excluding hydrogens is 490 g/mol. The lowest BCUT2D eigenvalue weighted by Gasteiger charge is -2.34. The van der Waals surface area contributed by atoms with E-state index in [1.807, 2.05) is 51.1 Å². The quantitative estimate of drug-likeness (QED) is 0.547. The Labute approximate surface area is 204 Å². The van der Waals surface area contributed by atoms with Crippen molar-refractivity contribution in [3.8, 4) is 11.5 Å². The van der Waals surface area contributed by atoms with Gasteiger partial charge in [-0.2, -0.15) is 0 Å². The molecule has 1 aliphatic rings. The first-order chi connectivity index (χ1) is 15.3. The third-order valence-corrected chi connectivity index (χ3v) is 6.35. The van der Waals surface area contributed by atoms with Gasteiger partial charge in [-0.15, -0.1) is 0 Å². The molecule has 0 aromatic heterocycles. The van der Waals surface area contributed by atoms with Crippen LogP contribution in [0.1, 0.15) is 23.6 Å². The Hall–Kier alpha value is -2.16. The molecule has 1 N–H and O–H groups in total. The number of thiocarbonyl (C=S) groups is 1. The van der Waals surface area contributed by atoms with Crippen molar-refractivity contribution in [2.75, 3.05) is 51.8 Å². The van der Waals surface area contributed by atoms with E-state index >= 15 is 0 Å². The third kappa shape index (κ3) is 6.21. The van der Waals surface area contributed by atoms with Crippen LogP contribution in [0.15, 0.2) is 34.8 Å². The molecule has 0 bridgehead atoms. The van der Waals surface area contributed by atoms with Crippen molar-refractivity contribution >= 4 is 44.7 Å². The second-order valence-corrected chi connectivity index (χ2v) is 9.24. The standard InChI is InChI=1S/C24H30BrN3O3S/c1-5-30-21-14-18(24(32)28-10-8-27(4)9-11-28)6-7-20(21)31-15-22(29)26-23-16(2)12-19(25)13-17(23)3/h6-7,12-14H,5,8-11,15H2,1-4H3,(H,26,29). The number of aryl methyl sites for hydroxylation is 2. The van der Waals surface area contributed by atoms with Crippen LogP contribution in [0.25, 0.3) is 0 Å². The molecule has 1 saturated heterocycles. The summed E-state index contributed by atoms with van der Waals surface area (Å²) in [5.74, 6) is 0.888. The molecule has 0 atom stereocenters. The summed E-state index contributed by atoms with van der Waals surface area (Å²) in [5.41, 5.74) is 3.70. The van der Waals surface area contributed by atoms with E-state index in [-0.39, 0.29) is 12.5 Å². The summed E-state index contributed by atoms with van der Waals surface area (Å²) in [7, 11) is 2.12. The normalized spacial score (nSPS) is 14.2. The van der Waals surface area contributed by atoms with Crippen molar-refractivity contribution in [2.45, 2.75) is 20.8 Å². The first kappa shape index (κ1) is 24.5. The van der Waals surface area contributed by atoms with Crippen LogP contribution in [0.3, 0.4) is 0 Å². The van der Waals surface area contributed by atoms with Crippen molar-refractivity contribution in [1.29, 1.82) is 0 Å². The Balaban J connectivity index is 1.67. The van der Waals surface area contributed by atoms with Crippen LogP contribution in [0.2, 0.25) is 0 Å². The number of piperazine rings is 1. The van der Waals surface area contributed by atoms with Gasteiger partial charge < -0.3 is 24.6 Å². The Bertz CT molecular complexity index is 967. The maximum absolute atomic E-state index is 12.5. The Morgan fingerprint density at radius 1 is 1.06 bits per heavy atom. The number of ether oxygens (including phenoxy) is 2. The summed E-state index contributed by atoms with van der Waals surface area (Å²) in [6.45, 7) is 10.0. The fourth-order valence-electron chi connectivity index (χ4n) is 3.65. The minimum Gasteiger partial charge on any atom is -0.490 e. The first-order valence-corrected chi connectivity index (χ1v) is 11.9. The maximum Gasteiger partial charge on any atom is 0.262 e. The number of hydrogen-bond acceptors (Lipinski definition) is 5. The van der Waals surface area contributed by atoms with Gasteiger partial charge in [0.2, 0.25) is 0 Å². The van der Waals surface area contributed by atoms with Gasteiger partial charge in [0.05, 0.1) is 6.61 Å². The van der Waals surface area contributed by atoms with Gasteiger partial charge in [0, 0.05) is 41.9 Å². The van der Waals surface area contributed by atoms with Crippen molar-refractivity contribution < 1.29 is 14.3 Å². The number of amides is 1. The molecular formula is C24H30BrN3O3S. The lowest BCUT2D eigenvalue weighted by Crippen LogP contribution is -2.46. The van der Waals surface area contributed by atoms with Gasteiger partial charge in [-0.3, -0.25) is 4.79 Å². The fourth-order valence-corrected chi connectivity index (χ4v) is 4.64. The van der Waals surface area contributed by atoms with Crippen LogP contribution in [0.4, 0.5) is 5.69 Å². The topological polar surface area (TPSA) is 54.0 Å². The van der Waals surface area contributed by atoms with Gasteiger partial charge in [0.15, 0.2) is 18.1 Å². The summed E-state index contributed by atoms with van der Waals surface area (Å²) in [4.78, 5) is 17.9. The Kier molecular flexibility index (Phi) is 8.51. The average Bonchev–Trinajstić information content (AvgIpc) is 2.75. The third-order valence-electron chi connectivity index (χ3n) is 5.40. The zero-order chi connectivity index (χ0) is 23.3. The summed E-state index contributed by atoms with van der Waals surface area (Å²) in [6.07, 6.45) is 0. The van der Waals surface area contributed by atoms with E-state index in [1.54, 1.807) is 0 Å². The molecule has 1 heterocycles. The number of carbonyl (C=O) groups is 1. The van der Waals surface area contributed by atoms with Gasteiger partial charge in [-0.1, -0.05) is 28.1 Å². The van der Waals surface area contributed by atoms with Gasteiger partial charge >= 0.3 is 0 Å². The number of nitrogens with zero attached hydrogens (tertiary/aromatic N) is 2. The van der Waals surface area contributed by atoms with Crippen LogP contribution in [0, 0.1) is 13.8 Å². The molecule has 2 aromatic carbocycles. The molecule has 1 aliphatic heterocycles. The number of likely N-dealkylation sites (N-methyl/N-ethyl adjacent to an activating group) is 1. The minimum atomic E-state index is -0.224. The van der Waals surface area contributed by atoms with Gasteiger partial charge in [0.1, 0.15) is 4.99 Å². The van der Waals surface area contributed by atoms with E-state index in [0.29, 0.717) is 18.1 Å². The number of rotatable bonds is 7. The SMILES string of the molecule is CCOc1cc(C(=S)N2CCN(C)CC2)ccc1OCC(=O)Nc1c(C)cc(Br)cc1C. The predicted molar refractivity (Wildman–Crippen MR) is 136 cm³/mol. The van der Waals surface area contributed by atoms with Crippen LogP contribution in [0.5, 0.6) is 11.5 Å². The minimum absolute atomic E-state index is 0.114. The maximum atomic E-state index is 12.5. The largest absolute Gasteiger partial charge is 0.490 e. The molecule has 0 aliphatic carbocycles. The second kappa shape index (κ2) is 11.1. The molecule has 8 heteroatoms. The molecule has 32 heavy (non-hydrogen) atoms. The van der Waals surface area contributed by atoms with E-state index in [0.717, 1.165) is 58.0 Å². The number of benzene rings is 2. The highest BCUT2D eigenvalue weighted by atomic mass is 79.9. The first-order valence-electron chi connectivity index (χ1n) is 10.7. The molecule has 0 spiro atoms. The number of halogens is 1. The van der Waals surface area contributed by atoms with Crippen molar-refractivity contribution in [1.82, 2.24) is 9.80 Å². The number of nitrogens with one attached hydrogen (secondary N) is 1. The van der Waals surface area contributed by atoms with E-state index < -0.39 is 0 Å². The van der Waals surface area contributed by atoms with Crippen molar-refractivity contribution in [2.24, 2.45) is 0 Å². The summed E-state index contributed by atoms with van der Waals surface area (Å²) in [5, 5.41) is 2.95. The molecule has 3 rings (SSSR count). The lowest BCUT2D eigenvalue weighted by atomic mass is 10.1. The number of hydrogen-bond donors (Lipinski definition) is 1. The monoisotopic (exact) mass is 519 g/mol. The molecule has 2 aromatic rings. The molecule has 1 fully saturated rings. The predicted octanol–water partition coefficient (Wildman–Crippen LogP) is 4.41. The average molecular weight is 520 g/mol. The molecule has 1 amide bonds. The highest BCUT2D eigenvalue weighted by Crippen LogP contribution is 2.30. The molecule has 0 unspecified atom stereocenters. The Morgan fingerprint density at radius 3 is 2.34 bits per heavy atom. The molecule has 0 saturated carbocycles. The highest BCUT2D eigenvalue weighted by Gasteiger charge is 2.19. The van der Waals surface area contributed by atoms with Gasteiger partial charge in [-0.05, 0) is 69.3 Å². The smallest absolute Gasteiger partial charge is 0.262 e. The van der Waals surface area contributed by atoms with Crippen LogP contribution in [-0.2, 0) is 4.79 Å². The van der Waals surface area contributed by atoms with Crippen molar-refractivity contribution in [3.63, 3.8) is 0 Å². The summed E-state index contributed by atoms with van der Waals surface area (Å²) in [6, 6.07) is 9.60. The van der Waals surface area contributed by atoms with E-state index in [9.17, 15) is 4.79 Å². The van der Waals surface area contributed by atoms with Crippen LogP contribution < -0.4 is 14.8 Å². The number of anilines is 1. The zero-order valence-electron chi connectivity index (χ0n) is 19.0. The van der Waals surface area contributed by atoms with Gasteiger partial charge in [-0.25, -0.2) is 0 Å². The Morgan fingerprint density at radius 2 is 1.72 bits per heavy atom. The van der Waals surface area contributed by atoms with E-state index in [1.165, 1.54) is 0 Å². The highest BCUT2D eigenvalue weighted by molar-refractivity contribution is 9.10. The molecule has 6 nitrogen and oxygen atoms in total. The lowest BCUT2D eigenvalue weighted by molar-refractivity contribution is -0.118. The zero-order valence-corrected chi connectivity index (χ0v) is 21.4. The van der Waals surface area contributed by atoms with E-state index in [2.05, 4.69) is 38.1 Å². The van der Waals surface area contributed by atoms with E-state index in [4.69, 9.17) is 21.7 Å². The fraction of sp³-hybridized carbons (Fsp3) is 0.417. The summed E-state index contributed by atoms with van der Waals surface area (Å²) < 4.78 is 12.6. The van der Waals surface area contributed by atoms with Crippen molar-refractivity contribution in [3.05, 3.63) is 51.5 Å². The van der Waals surface area contributed by atoms with Gasteiger partial charge in [0.25, 0.3) is 5.91 Å². The van der Waals surface area contributed by atoms with Crippen LogP contribution in [-0.4, -0.2) is 67.1 Å². The molecule has 172 valence electrons.